The zero-order chi connectivity index (χ0) is 11.3. The van der Waals surface area contributed by atoms with E-state index >= 15 is 0 Å². The number of aromatic amines is 2. The summed E-state index contributed by atoms with van der Waals surface area (Å²) >= 11 is 6.05. The van der Waals surface area contributed by atoms with E-state index in [-0.39, 0.29) is 10.4 Å². The zero-order valence-corrected chi connectivity index (χ0v) is 10.3. The van der Waals surface area contributed by atoms with Gasteiger partial charge in [0.15, 0.2) is 6.33 Å². The van der Waals surface area contributed by atoms with Gasteiger partial charge in [0.2, 0.25) is 4.60 Å². The van der Waals surface area contributed by atoms with Gasteiger partial charge in [-0.25, -0.2) is 15.0 Å². The molecule has 0 saturated carbocycles. The van der Waals surface area contributed by atoms with E-state index in [1.807, 2.05) is 0 Å². The highest BCUT2D eigenvalue weighted by atomic mass is 79.9. The Hall–Kier alpha value is -1.22. The van der Waals surface area contributed by atoms with E-state index in [1.54, 1.807) is 12.5 Å². The van der Waals surface area contributed by atoms with Gasteiger partial charge in [0, 0.05) is 0 Å². The van der Waals surface area contributed by atoms with Crippen molar-refractivity contribution in [3.05, 3.63) is 38.2 Å². The molecule has 0 unspecified atom stereocenters. The molecule has 7 nitrogen and oxygen atoms in total. The Balaban J connectivity index is 0.000000162. The van der Waals surface area contributed by atoms with Crippen molar-refractivity contribution >= 4 is 37.7 Å². The molecule has 2 rings (SSSR count). The van der Waals surface area contributed by atoms with Crippen LogP contribution in [0.3, 0.4) is 0 Å². The van der Waals surface area contributed by atoms with Gasteiger partial charge < -0.3 is 15.1 Å². The predicted molar refractivity (Wildman–Crippen MR) is 59.2 cm³/mol. The first-order valence-corrected chi connectivity index (χ1v) is 5.17. The van der Waals surface area contributed by atoms with Crippen molar-refractivity contribution in [3.8, 4) is 0 Å². The van der Waals surface area contributed by atoms with Gasteiger partial charge in [-0.15, -0.1) is 0 Å². The van der Waals surface area contributed by atoms with Gasteiger partial charge in [0.1, 0.15) is 4.60 Å². The first-order chi connectivity index (χ1) is 7.11. The lowest BCUT2D eigenvalue weighted by Crippen LogP contribution is -1.87. The molecule has 0 aliphatic carbocycles. The molecule has 0 atom stereocenters. The van der Waals surface area contributed by atoms with E-state index in [0.717, 1.165) is 4.60 Å². The van der Waals surface area contributed by atoms with Crippen LogP contribution >= 0.6 is 31.9 Å². The number of hydrogen-bond acceptors (Lipinski definition) is 4. The molecule has 15 heavy (non-hydrogen) atoms. The summed E-state index contributed by atoms with van der Waals surface area (Å²) < 4.78 is 1.15. The van der Waals surface area contributed by atoms with Crippen LogP contribution in [0.5, 0.6) is 0 Å². The molecule has 0 saturated heterocycles. The maximum Gasteiger partial charge on any atom is 0.355 e. The first kappa shape index (κ1) is 11.9. The van der Waals surface area contributed by atoms with Crippen LogP contribution in [-0.2, 0) is 0 Å². The molecule has 9 heteroatoms. The number of nitro groups is 1. The van der Waals surface area contributed by atoms with Crippen LogP contribution < -0.4 is 0 Å². The molecule has 0 fully saturated rings. The van der Waals surface area contributed by atoms with Crippen molar-refractivity contribution < 1.29 is 4.92 Å². The van der Waals surface area contributed by atoms with Crippen LogP contribution in [0.15, 0.2) is 28.1 Å². The molecule has 80 valence electrons. The monoisotopic (exact) mass is 337 g/mol. The maximum atomic E-state index is 9.99. The van der Waals surface area contributed by atoms with Crippen molar-refractivity contribution in [1.29, 1.82) is 0 Å². The standard InChI is InChI=1S/C3H2BrN3O2.C3H3BrN2/c4-2-3(7(8)9)6-1-5-2;4-3-1-5-2-6-3/h1H,(H,5,6);1-2H,(H,5,6). The van der Waals surface area contributed by atoms with Crippen LogP contribution in [0.2, 0.25) is 0 Å². The SMILES string of the molecule is Brc1cnc[nH]1.O=[N+]([O-])c1[nH]cnc1Br. The number of H-pyrrole nitrogens is 2. The lowest BCUT2D eigenvalue weighted by atomic mass is 10.8. The Morgan fingerprint density at radius 1 is 1.33 bits per heavy atom. The van der Waals surface area contributed by atoms with E-state index in [4.69, 9.17) is 0 Å². The lowest BCUT2D eigenvalue weighted by molar-refractivity contribution is -0.390. The van der Waals surface area contributed by atoms with E-state index < -0.39 is 4.92 Å². The molecule has 2 N–H and O–H groups in total. The van der Waals surface area contributed by atoms with Crippen molar-refractivity contribution in [2.75, 3.05) is 0 Å². The fourth-order valence-corrected chi connectivity index (χ4v) is 1.22. The number of nitrogens with zero attached hydrogens (tertiary/aromatic N) is 3. The number of hydrogen-bond donors (Lipinski definition) is 2. The number of nitrogens with one attached hydrogen (secondary N) is 2. The predicted octanol–water partition coefficient (Wildman–Crippen LogP) is 2.25. The van der Waals surface area contributed by atoms with Crippen molar-refractivity contribution in [2.45, 2.75) is 0 Å². The fraction of sp³-hybridized carbons (Fsp3) is 0. The minimum absolute atomic E-state index is 0.116. The van der Waals surface area contributed by atoms with Crippen LogP contribution in [0.1, 0.15) is 0 Å². The summed E-state index contributed by atoms with van der Waals surface area (Å²) in [5.41, 5.74) is 0. The Bertz CT molecular complexity index is 426. The average Bonchev–Trinajstić information content (AvgIpc) is 2.77. The van der Waals surface area contributed by atoms with Crippen LogP contribution in [0.25, 0.3) is 0 Å². The summed E-state index contributed by atoms with van der Waals surface area (Å²) in [6, 6.07) is 0. The molecule has 0 bridgehead atoms. The lowest BCUT2D eigenvalue weighted by Gasteiger charge is -1.86. The quantitative estimate of drug-likeness (QED) is 0.615. The van der Waals surface area contributed by atoms with Crippen LogP contribution in [-0.4, -0.2) is 24.9 Å². The molecular weight excluding hydrogens is 334 g/mol. The number of aromatic nitrogens is 4. The minimum atomic E-state index is -0.545. The third-order valence-electron chi connectivity index (χ3n) is 1.22. The first-order valence-electron chi connectivity index (χ1n) is 3.58. The molecule has 2 aromatic heterocycles. The third-order valence-corrected chi connectivity index (χ3v) is 2.24. The summed E-state index contributed by atoms with van der Waals surface area (Å²) in [6.45, 7) is 0. The summed E-state index contributed by atoms with van der Waals surface area (Å²) in [5, 5.41) is 9.99. The van der Waals surface area contributed by atoms with Crippen molar-refractivity contribution in [3.63, 3.8) is 0 Å². The fourth-order valence-electron chi connectivity index (χ4n) is 0.638. The smallest absolute Gasteiger partial charge is 0.355 e. The molecule has 0 radical (unpaired) electrons. The Morgan fingerprint density at radius 2 is 2.07 bits per heavy atom. The Kier molecular flexibility index (Phi) is 4.43. The Morgan fingerprint density at radius 3 is 2.27 bits per heavy atom. The number of rotatable bonds is 1. The van der Waals surface area contributed by atoms with E-state index in [2.05, 4.69) is 51.8 Å². The van der Waals surface area contributed by atoms with Gasteiger partial charge >= 0.3 is 5.82 Å². The van der Waals surface area contributed by atoms with Gasteiger partial charge in [-0.3, -0.25) is 0 Å². The van der Waals surface area contributed by atoms with E-state index in [1.165, 1.54) is 6.33 Å². The highest BCUT2D eigenvalue weighted by molar-refractivity contribution is 9.10. The number of halogens is 2. The summed E-state index contributed by atoms with van der Waals surface area (Å²) in [5.74, 6) is -0.116. The second kappa shape index (κ2) is 5.61. The maximum absolute atomic E-state index is 9.99. The highest BCUT2D eigenvalue weighted by Crippen LogP contribution is 2.17. The van der Waals surface area contributed by atoms with E-state index in [9.17, 15) is 10.1 Å². The molecule has 2 heterocycles. The summed E-state index contributed by atoms with van der Waals surface area (Å²) in [6.07, 6.45) is 4.56. The van der Waals surface area contributed by atoms with Gasteiger partial charge in [0.05, 0.1) is 12.5 Å². The van der Waals surface area contributed by atoms with Crippen LogP contribution in [0.4, 0.5) is 5.82 Å². The van der Waals surface area contributed by atoms with Gasteiger partial charge in [-0.1, -0.05) is 0 Å². The molecule has 0 amide bonds. The molecule has 0 aliphatic rings. The second-order valence-electron chi connectivity index (χ2n) is 2.20. The summed E-state index contributed by atoms with van der Waals surface area (Å²) in [4.78, 5) is 21.9. The molecule has 0 spiro atoms. The normalized spacial score (nSPS) is 9.20. The largest absolute Gasteiger partial charge is 0.358 e. The molecular formula is C6H5Br2N5O2. The highest BCUT2D eigenvalue weighted by Gasteiger charge is 2.10. The van der Waals surface area contributed by atoms with Gasteiger partial charge in [-0.05, 0) is 36.8 Å². The average molecular weight is 339 g/mol. The number of imidazole rings is 2. The van der Waals surface area contributed by atoms with Crippen molar-refractivity contribution in [1.82, 2.24) is 19.9 Å². The minimum Gasteiger partial charge on any atom is -0.358 e. The third kappa shape index (κ3) is 3.80. The Labute approximate surface area is 101 Å². The zero-order valence-electron chi connectivity index (χ0n) is 7.15. The summed E-state index contributed by atoms with van der Waals surface area (Å²) in [7, 11) is 0. The van der Waals surface area contributed by atoms with Gasteiger partial charge in [0.25, 0.3) is 0 Å². The molecule has 0 aliphatic heterocycles. The van der Waals surface area contributed by atoms with Crippen molar-refractivity contribution in [2.24, 2.45) is 0 Å². The van der Waals surface area contributed by atoms with Gasteiger partial charge in [-0.2, -0.15) is 0 Å². The molecule has 0 aromatic carbocycles. The second-order valence-corrected chi connectivity index (χ2v) is 3.80. The molecule has 2 aromatic rings. The van der Waals surface area contributed by atoms with Crippen LogP contribution in [0, 0.1) is 10.1 Å². The van der Waals surface area contributed by atoms with E-state index in [0.29, 0.717) is 0 Å². The topological polar surface area (TPSA) is 100 Å².